The summed E-state index contributed by atoms with van der Waals surface area (Å²) in [6.07, 6.45) is -5.02. The van der Waals surface area contributed by atoms with Gasteiger partial charge >= 0.3 is 12.1 Å². The van der Waals surface area contributed by atoms with E-state index >= 15 is 0 Å². The van der Waals surface area contributed by atoms with Crippen LogP contribution < -0.4 is 4.72 Å². The third-order valence-electron chi connectivity index (χ3n) is 3.40. The minimum Gasteiger partial charge on any atom is -0.481 e. The van der Waals surface area contributed by atoms with Crippen molar-refractivity contribution in [1.82, 2.24) is 9.62 Å². The molecular weight excluding hydrogens is 377 g/mol. The molecule has 146 valence electrons. The van der Waals surface area contributed by atoms with Crippen molar-refractivity contribution in [3.05, 3.63) is 29.8 Å². The molecule has 0 saturated carbocycles. The number of hydrogen-bond donors (Lipinski definition) is 2. The van der Waals surface area contributed by atoms with E-state index in [1.165, 1.54) is 4.90 Å². The molecule has 0 fully saturated rings. The highest BCUT2D eigenvalue weighted by Crippen LogP contribution is 2.30. The Hall–Kier alpha value is -2.14. The molecule has 26 heavy (non-hydrogen) atoms. The summed E-state index contributed by atoms with van der Waals surface area (Å²) >= 11 is 0. The summed E-state index contributed by atoms with van der Waals surface area (Å²) in [6.45, 7) is 2.44. The first kappa shape index (κ1) is 21.9. The number of carboxylic acid groups (broad SMARTS) is 1. The van der Waals surface area contributed by atoms with E-state index < -0.39 is 45.1 Å². The summed E-state index contributed by atoms with van der Waals surface area (Å²) in [5, 5.41) is 8.68. The fourth-order valence-electron chi connectivity index (χ4n) is 2.07. The lowest BCUT2D eigenvalue weighted by molar-refractivity contribution is -0.139. The molecule has 1 amide bonds. The van der Waals surface area contributed by atoms with Gasteiger partial charge in [0.15, 0.2) is 0 Å². The number of halogens is 3. The zero-order chi connectivity index (χ0) is 20.1. The van der Waals surface area contributed by atoms with E-state index in [0.29, 0.717) is 6.07 Å². The summed E-state index contributed by atoms with van der Waals surface area (Å²) in [4.78, 5) is 23.3. The van der Waals surface area contributed by atoms with Crippen LogP contribution in [-0.2, 0) is 25.8 Å². The topological polar surface area (TPSA) is 104 Å². The van der Waals surface area contributed by atoms with E-state index in [1.807, 2.05) is 4.72 Å². The summed E-state index contributed by atoms with van der Waals surface area (Å²) in [7, 11) is -4.34. The van der Waals surface area contributed by atoms with Gasteiger partial charge in [-0.2, -0.15) is 13.2 Å². The van der Waals surface area contributed by atoms with Gasteiger partial charge in [0.2, 0.25) is 15.9 Å². The van der Waals surface area contributed by atoms with Crippen LogP contribution in [0.1, 0.15) is 25.8 Å². The third-order valence-corrected chi connectivity index (χ3v) is 4.79. The number of nitrogens with one attached hydrogen (secondary N) is 1. The van der Waals surface area contributed by atoms with Crippen molar-refractivity contribution in [2.24, 2.45) is 0 Å². The normalized spacial score (nSPS) is 12.2. The Balaban J connectivity index is 2.87. The monoisotopic (exact) mass is 396 g/mol. The van der Waals surface area contributed by atoms with Crippen LogP contribution in [-0.4, -0.2) is 49.4 Å². The summed E-state index contributed by atoms with van der Waals surface area (Å²) < 4.78 is 64.3. The second-order valence-corrected chi connectivity index (χ2v) is 7.44. The van der Waals surface area contributed by atoms with E-state index in [2.05, 4.69) is 0 Å². The highest BCUT2D eigenvalue weighted by atomic mass is 32.2. The lowest BCUT2D eigenvalue weighted by Crippen LogP contribution is -2.44. The number of rotatable bonds is 8. The van der Waals surface area contributed by atoms with Crippen LogP contribution in [0.25, 0.3) is 0 Å². The second kappa shape index (κ2) is 8.49. The molecule has 1 aromatic rings. The first-order valence-electron chi connectivity index (χ1n) is 7.53. The van der Waals surface area contributed by atoms with Crippen LogP contribution in [0.3, 0.4) is 0 Å². The number of amides is 1. The van der Waals surface area contributed by atoms with Gasteiger partial charge in [0, 0.05) is 12.6 Å². The summed E-state index contributed by atoms with van der Waals surface area (Å²) in [6, 6.07) is 2.76. The number of benzene rings is 1. The van der Waals surface area contributed by atoms with Crippen LogP contribution in [0.4, 0.5) is 13.2 Å². The molecule has 11 heteroatoms. The van der Waals surface area contributed by atoms with Gasteiger partial charge in [-0.05, 0) is 32.0 Å². The van der Waals surface area contributed by atoms with Gasteiger partial charge in [-0.3, -0.25) is 9.59 Å². The molecule has 0 heterocycles. The Morgan fingerprint density at radius 1 is 1.27 bits per heavy atom. The highest BCUT2D eigenvalue weighted by molar-refractivity contribution is 7.89. The zero-order valence-corrected chi connectivity index (χ0v) is 14.9. The molecule has 0 aliphatic carbocycles. The molecular formula is C15H19F3N2O5S. The number of hydrogen-bond acceptors (Lipinski definition) is 4. The van der Waals surface area contributed by atoms with E-state index in [9.17, 15) is 31.2 Å². The fourth-order valence-corrected chi connectivity index (χ4v) is 3.09. The van der Waals surface area contributed by atoms with Crippen molar-refractivity contribution in [2.45, 2.75) is 37.4 Å². The predicted octanol–water partition coefficient (Wildman–Crippen LogP) is 1.70. The number of alkyl halides is 3. The average Bonchev–Trinajstić information content (AvgIpc) is 2.52. The maximum Gasteiger partial charge on any atom is 0.416 e. The van der Waals surface area contributed by atoms with Crippen molar-refractivity contribution in [3.63, 3.8) is 0 Å². The van der Waals surface area contributed by atoms with Gasteiger partial charge in [0.25, 0.3) is 0 Å². The molecule has 0 spiro atoms. The largest absolute Gasteiger partial charge is 0.481 e. The van der Waals surface area contributed by atoms with Crippen LogP contribution >= 0.6 is 0 Å². The quantitative estimate of drug-likeness (QED) is 0.696. The smallest absolute Gasteiger partial charge is 0.416 e. The van der Waals surface area contributed by atoms with Gasteiger partial charge in [0.05, 0.1) is 23.4 Å². The minimum absolute atomic E-state index is 0.114. The number of carbonyl (C=O) groups is 2. The fraction of sp³-hybridized carbons (Fsp3) is 0.467. The third kappa shape index (κ3) is 6.30. The molecule has 1 rings (SSSR count). The first-order chi connectivity index (χ1) is 11.8. The van der Waals surface area contributed by atoms with E-state index in [0.717, 1.165) is 18.2 Å². The molecule has 0 aliphatic rings. The van der Waals surface area contributed by atoms with E-state index in [4.69, 9.17) is 5.11 Å². The second-order valence-electron chi connectivity index (χ2n) is 5.67. The molecule has 7 nitrogen and oxygen atoms in total. The maximum atomic E-state index is 12.7. The molecule has 0 bridgehead atoms. The van der Waals surface area contributed by atoms with E-state index in [1.54, 1.807) is 13.8 Å². The molecule has 0 saturated heterocycles. The molecule has 1 aromatic carbocycles. The van der Waals surface area contributed by atoms with Gasteiger partial charge in [-0.15, -0.1) is 0 Å². The molecule has 0 radical (unpaired) electrons. The Kier molecular flexibility index (Phi) is 7.16. The van der Waals surface area contributed by atoms with Crippen LogP contribution in [0.5, 0.6) is 0 Å². The van der Waals surface area contributed by atoms with Crippen molar-refractivity contribution in [3.8, 4) is 0 Å². The van der Waals surface area contributed by atoms with Crippen molar-refractivity contribution in [2.75, 3.05) is 13.1 Å². The molecule has 0 aliphatic heterocycles. The molecule has 0 aromatic heterocycles. The van der Waals surface area contributed by atoms with Gasteiger partial charge in [-0.1, -0.05) is 6.07 Å². The van der Waals surface area contributed by atoms with Gasteiger partial charge in [0.1, 0.15) is 0 Å². The minimum atomic E-state index is -4.70. The molecule has 2 N–H and O–H groups in total. The number of carbonyl (C=O) groups excluding carboxylic acids is 1. The van der Waals surface area contributed by atoms with Crippen molar-refractivity contribution in [1.29, 1.82) is 0 Å². The lowest BCUT2D eigenvalue weighted by Gasteiger charge is -2.26. The summed E-state index contributed by atoms with van der Waals surface area (Å²) in [5.41, 5.74) is -1.13. The van der Waals surface area contributed by atoms with Crippen LogP contribution in [0, 0.1) is 0 Å². The number of nitrogens with zero attached hydrogens (tertiary/aromatic N) is 1. The Bertz CT molecular complexity index is 763. The Morgan fingerprint density at radius 3 is 2.38 bits per heavy atom. The molecule has 0 unspecified atom stereocenters. The molecule has 0 atom stereocenters. The van der Waals surface area contributed by atoms with E-state index in [-0.39, 0.29) is 19.0 Å². The van der Waals surface area contributed by atoms with Crippen molar-refractivity contribution < 1.29 is 36.3 Å². The average molecular weight is 396 g/mol. The number of sulfonamides is 1. The van der Waals surface area contributed by atoms with Gasteiger partial charge in [-0.25, -0.2) is 13.1 Å². The van der Waals surface area contributed by atoms with Crippen molar-refractivity contribution >= 4 is 21.9 Å². The van der Waals surface area contributed by atoms with Gasteiger partial charge < -0.3 is 10.0 Å². The lowest BCUT2D eigenvalue weighted by atomic mass is 10.2. The predicted molar refractivity (Wildman–Crippen MR) is 85.7 cm³/mol. The Labute approximate surface area is 148 Å². The van der Waals surface area contributed by atoms with Crippen LogP contribution in [0.2, 0.25) is 0 Å². The number of aliphatic carboxylic acids is 1. The number of carboxylic acids is 1. The maximum absolute atomic E-state index is 12.7. The van der Waals surface area contributed by atoms with Crippen LogP contribution in [0.15, 0.2) is 29.2 Å². The Morgan fingerprint density at radius 2 is 1.88 bits per heavy atom. The summed E-state index contributed by atoms with van der Waals surface area (Å²) in [5.74, 6) is -1.80. The standard InChI is InChI=1S/C15H19F3N2O5S/c1-10(2)20(7-6-14(22)23)13(21)9-19-26(24,25)12-5-3-4-11(8-12)15(16,17)18/h3-5,8,10,19H,6-7,9H2,1-2H3,(H,22,23). The first-order valence-corrected chi connectivity index (χ1v) is 9.01. The zero-order valence-electron chi connectivity index (χ0n) is 14.1. The highest BCUT2D eigenvalue weighted by Gasteiger charge is 2.31. The SMILES string of the molecule is CC(C)N(CCC(=O)O)C(=O)CNS(=O)(=O)c1cccc(C(F)(F)F)c1.